The van der Waals surface area contributed by atoms with Crippen molar-refractivity contribution in [2.24, 2.45) is 0 Å². The van der Waals surface area contributed by atoms with E-state index in [-0.39, 0.29) is 0 Å². The van der Waals surface area contributed by atoms with E-state index in [0.717, 1.165) is 25.1 Å². The molecule has 2 rings (SSSR count). The Hall–Kier alpha value is -1.80. The summed E-state index contributed by atoms with van der Waals surface area (Å²) in [6.45, 7) is 8.31. The number of hydrogen-bond acceptors (Lipinski definition) is 2. The van der Waals surface area contributed by atoms with Gasteiger partial charge in [-0.1, -0.05) is 50.2 Å². The Morgan fingerprint density at radius 2 is 1.79 bits per heavy atom. The molecule has 2 nitrogen and oxygen atoms in total. The minimum absolute atomic E-state index is 0.521. The van der Waals surface area contributed by atoms with Gasteiger partial charge in [0.25, 0.3) is 0 Å². The van der Waals surface area contributed by atoms with E-state index >= 15 is 0 Å². The Labute approximate surface area is 147 Å². The van der Waals surface area contributed by atoms with Gasteiger partial charge < -0.3 is 10.1 Å². The highest BCUT2D eigenvalue weighted by atomic mass is 16.5. The van der Waals surface area contributed by atoms with Crippen LogP contribution in [0.3, 0.4) is 0 Å². The number of nitrogens with one attached hydrogen (secondary N) is 1. The van der Waals surface area contributed by atoms with Gasteiger partial charge in [-0.3, -0.25) is 0 Å². The summed E-state index contributed by atoms with van der Waals surface area (Å²) < 4.78 is 5.74. The summed E-state index contributed by atoms with van der Waals surface area (Å²) in [5, 5.41) is 3.30. The summed E-state index contributed by atoms with van der Waals surface area (Å²) >= 11 is 0. The maximum absolute atomic E-state index is 5.74. The average molecular weight is 325 g/mol. The Balaban J connectivity index is 2.31. The third-order valence-corrected chi connectivity index (χ3v) is 4.53. The van der Waals surface area contributed by atoms with Gasteiger partial charge in [-0.25, -0.2) is 0 Å². The Bertz CT molecular complexity index is 607. The fourth-order valence-electron chi connectivity index (χ4n) is 3.27. The van der Waals surface area contributed by atoms with Crippen LogP contribution in [-0.4, -0.2) is 20.2 Å². The molecule has 1 N–H and O–H groups in total. The van der Waals surface area contributed by atoms with Crippen molar-refractivity contribution in [3.63, 3.8) is 0 Å². The van der Waals surface area contributed by atoms with E-state index in [4.69, 9.17) is 4.74 Å². The van der Waals surface area contributed by atoms with E-state index < -0.39 is 0 Å². The van der Waals surface area contributed by atoms with E-state index in [1.807, 2.05) is 14.0 Å². The third kappa shape index (κ3) is 5.10. The lowest BCUT2D eigenvalue weighted by atomic mass is 9.85. The van der Waals surface area contributed by atoms with Crippen LogP contribution in [0.2, 0.25) is 0 Å². The van der Waals surface area contributed by atoms with Crippen molar-refractivity contribution in [2.75, 3.05) is 20.2 Å². The molecule has 1 unspecified atom stereocenters. The molecule has 0 saturated heterocycles. The van der Waals surface area contributed by atoms with Crippen LogP contribution in [-0.2, 0) is 6.42 Å². The first-order chi connectivity index (χ1) is 11.7. The van der Waals surface area contributed by atoms with Crippen molar-refractivity contribution < 1.29 is 4.74 Å². The summed E-state index contributed by atoms with van der Waals surface area (Å²) in [5.74, 6) is 2.03. The van der Waals surface area contributed by atoms with Crippen molar-refractivity contribution in [3.8, 4) is 5.75 Å². The monoisotopic (exact) mass is 325 g/mol. The lowest BCUT2D eigenvalue weighted by Gasteiger charge is -2.21. The smallest absolute Gasteiger partial charge is 0.119 e. The largest absolute Gasteiger partial charge is 0.494 e. The topological polar surface area (TPSA) is 21.3 Å². The van der Waals surface area contributed by atoms with E-state index in [0.29, 0.717) is 18.4 Å². The van der Waals surface area contributed by atoms with Crippen molar-refractivity contribution >= 4 is 0 Å². The van der Waals surface area contributed by atoms with Crippen LogP contribution in [0.4, 0.5) is 0 Å². The van der Waals surface area contributed by atoms with Gasteiger partial charge in [0.05, 0.1) is 6.61 Å². The first kappa shape index (κ1) is 18.5. The molecular weight excluding hydrogens is 294 g/mol. The number of rotatable bonds is 9. The predicted molar refractivity (Wildman–Crippen MR) is 103 cm³/mol. The molecule has 0 aliphatic rings. The summed E-state index contributed by atoms with van der Waals surface area (Å²) in [4.78, 5) is 0. The zero-order chi connectivity index (χ0) is 17.4. The predicted octanol–water partition coefficient (Wildman–Crippen LogP) is 5.14. The zero-order valence-corrected chi connectivity index (χ0v) is 15.5. The van der Waals surface area contributed by atoms with Gasteiger partial charge in [-0.05, 0) is 74.0 Å². The Morgan fingerprint density at radius 3 is 2.42 bits per heavy atom. The van der Waals surface area contributed by atoms with Crippen LogP contribution in [0.5, 0.6) is 5.75 Å². The molecule has 0 amide bonds. The van der Waals surface area contributed by atoms with Crippen LogP contribution < -0.4 is 10.1 Å². The molecule has 2 heteroatoms. The molecule has 0 aliphatic carbocycles. The van der Waals surface area contributed by atoms with Crippen LogP contribution in [0.15, 0.2) is 48.5 Å². The molecule has 2 aromatic rings. The molecule has 2 aromatic carbocycles. The first-order valence-electron chi connectivity index (χ1n) is 9.10. The quantitative estimate of drug-likeness (QED) is 0.689. The fourth-order valence-corrected chi connectivity index (χ4v) is 3.27. The highest BCUT2D eigenvalue weighted by Crippen LogP contribution is 2.31. The fraction of sp³-hybridized carbons (Fsp3) is 0.455. The third-order valence-electron chi connectivity index (χ3n) is 4.53. The highest BCUT2D eigenvalue weighted by Gasteiger charge is 2.16. The van der Waals surface area contributed by atoms with E-state index in [2.05, 4.69) is 67.7 Å². The van der Waals surface area contributed by atoms with Crippen LogP contribution in [0.1, 0.15) is 55.7 Å². The van der Waals surface area contributed by atoms with Crippen molar-refractivity contribution in [1.82, 2.24) is 5.32 Å². The number of hydrogen-bond donors (Lipinski definition) is 1. The summed E-state index contributed by atoms with van der Waals surface area (Å²) in [6.07, 6.45) is 2.19. The van der Waals surface area contributed by atoms with Crippen molar-refractivity contribution in [1.29, 1.82) is 0 Å². The Kier molecular flexibility index (Phi) is 7.33. The van der Waals surface area contributed by atoms with Gasteiger partial charge >= 0.3 is 0 Å². The SMILES string of the molecule is CCOc1ccc(C(C)C)c(CC(CCNC)c2ccccc2)c1. The van der Waals surface area contributed by atoms with Crippen LogP contribution in [0, 0.1) is 0 Å². The zero-order valence-electron chi connectivity index (χ0n) is 15.5. The molecule has 0 saturated carbocycles. The number of ether oxygens (including phenoxy) is 1. The molecule has 0 heterocycles. The minimum Gasteiger partial charge on any atom is -0.494 e. The summed E-state index contributed by atoms with van der Waals surface area (Å²) in [5.41, 5.74) is 4.27. The summed E-state index contributed by atoms with van der Waals surface area (Å²) in [7, 11) is 2.03. The molecule has 0 radical (unpaired) electrons. The first-order valence-corrected chi connectivity index (χ1v) is 9.10. The molecule has 130 valence electrons. The van der Waals surface area contributed by atoms with Gasteiger partial charge in [0.15, 0.2) is 0 Å². The Morgan fingerprint density at radius 1 is 1.04 bits per heavy atom. The molecule has 24 heavy (non-hydrogen) atoms. The molecular formula is C22H31NO. The van der Waals surface area contributed by atoms with Gasteiger partial charge in [-0.2, -0.15) is 0 Å². The molecule has 0 aliphatic heterocycles. The highest BCUT2D eigenvalue weighted by molar-refractivity contribution is 5.39. The second-order valence-electron chi connectivity index (χ2n) is 6.65. The minimum atomic E-state index is 0.521. The molecule has 0 bridgehead atoms. The van der Waals surface area contributed by atoms with Gasteiger partial charge in [-0.15, -0.1) is 0 Å². The number of benzene rings is 2. The lowest BCUT2D eigenvalue weighted by Crippen LogP contribution is -2.14. The van der Waals surface area contributed by atoms with Gasteiger partial charge in [0, 0.05) is 0 Å². The van der Waals surface area contributed by atoms with E-state index in [1.54, 1.807) is 0 Å². The molecule has 0 aromatic heterocycles. The van der Waals surface area contributed by atoms with Gasteiger partial charge in [0.2, 0.25) is 0 Å². The lowest BCUT2D eigenvalue weighted by molar-refractivity contribution is 0.339. The maximum atomic E-state index is 5.74. The van der Waals surface area contributed by atoms with E-state index in [1.165, 1.54) is 16.7 Å². The molecule has 0 spiro atoms. The normalized spacial score (nSPS) is 12.4. The van der Waals surface area contributed by atoms with Crippen molar-refractivity contribution in [3.05, 3.63) is 65.2 Å². The average Bonchev–Trinajstić information content (AvgIpc) is 2.59. The molecule has 0 fully saturated rings. The van der Waals surface area contributed by atoms with E-state index in [9.17, 15) is 0 Å². The van der Waals surface area contributed by atoms with Crippen LogP contribution >= 0.6 is 0 Å². The van der Waals surface area contributed by atoms with Gasteiger partial charge in [0.1, 0.15) is 5.75 Å². The van der Waals surface area contributed by atoms with Crippen LogP contribution in [0.25, 0.3) is 0 Å². The molecule has 1 atom stereocenters. The second-order valence-corrected chi connectivity index (χ2v) is 6.65. The maximum Gasteiger partial charge on any atom is 0.119 e. The second kappa shape index (κ2) is 9.48. The summed E-state index contributed by atoms with van der Waals surface area (Å²) in [6, 6.07) is 17.5. The van der Waals surface area contributed by atoms with Crippen molar-refractivity contribution in [2.45, 2.75) is 45.4 Å². The standard InChI is InChI=1S/C22H31NO/c1-5-24-21-11-12-22(17(2)3)20(16-21)15-19(13-14-23-4)18-9-7-6-8-10-18/h6-12,16-17,19,23H,5,13-15H2,1-4H3.